The number of aromatic nitrogens is 2. The van der Waals surface area contributed by atoms with Gasteiger partial charge in [-0.2, -0.15) is 0 Å². The number of hydrogen-bond donors (Lipinski definition) is 0. The Morgan fingerprint density at radius 1 is 1.23 bits per heavy atom. The highest BCUT2D eigenvalue weighted by Gasteiger charge is 2.14. The van der Waals surface area contributed by atoms with Crippen molar-refractivity contribution in [1.82, 2.24) is 9.55 Å². The molecule has 3 rings (SSSR count). The molecule has 0 radical (unpaired) electrons. The zero-order valence-electron chi connectivity index (χ0n) is 13.0. The molecule has 4 nitrogen and oxygen atoms in total. The average Bonchev–Trinajstić information content (AvgIpc) is 3.19. The third-order valence-electron chi connectivity index (χ3n) is 3.61. The summed E-state index contributed by atoms with van der Waals surface area (Å²) in [6.45, 7) is 2.89. The number of furan rings is 1. The molecule has 114 valence electrons. The third-order valence-corrected chi connectivity index (χ3v) is 3.61. The molecular weight excluding hydrogens is 276 g/mol. The standard InChI is InChI=1S/C18H20N2O2/c1-3-4-11-21-14-7-8-15(17-6-5-12-22-17)16(13-14)18-19-9-10-20(18)2/h5-10,12-13H,3-4,11H2,1-2H3. The fourth-order valence-electron chi connectivity index (χ4n) is 2.40. The first-order valence-corrected chi connectivity index (χ1v) is 7.58. The van der Waals surface area contributed by atoms with Gasteiger partial charge in [0.15, 0.2) is 0 Å². The Labute approximate surface area is 130 Å². The van der Waals surface area contributed by atoms with E-state index in [4.69, 9.17) is 9.15 Å². The van der Waals surface area contributed by atoms with Crippen molar-refractivity contribution in [2.45, 2.75) is 19.8 Å². The van der Waals surface area contributed by atoms with E-state index >= 15 is 0 Å². The molecule has 0 aliphatic rings. The minimum atomic E-state index is 0.733. The molecule has 1 aromatic carbocycles. The van der Waals surface area contributed by atoms with Crippen molar-refractivity contribution in [2.24, 2.45) is 7.05 Å². The lowest BCUT2D eigenvalue weighted by molar-refractivity contribution is 0.309. The van der Waals surface area contributed by atoms with E-state index in [1.807, 2.05) is 48.1 Å². The van der Waals surface area contributed by atoms with Gasteiger partial charge in [-0.1, -0.05) is 13.3 Å². The maximum Gasteiger partial charge on any atom is 0.140 e. The summed E-state index contributed by atoms with van der Waals surface area (Å²) in [4.78, 5) is 4.46. The first-order valence-electron chi connectivity index (χ1n) is 7.58. The summed E-state index contributed by atoms with van der Waals surface area (Å²) in [5, 5.41) is 0. The highest BCUT2D eigenvalue weighted by Crippen LogP contribution is 2.34. The Kier molecular flexibility index (Phi) is 4.28. The van der Waals surface area contributed by atoms with Crippen LogP contribution >= 0.6 is 0 Å². The van der Waals surface area contributed by atoms with Gasteiger partial charge in [-0.05, 0) is 36.8 Å². The molecule has 0 spiro atoms. The normalized spacial score (nSPS) is 10.8. The van der Waals surface area contributed by atoms with Crippen molar-refractivity contribution in [3.05, 3.63) is 49.0 Å². The van der Waals surface area contributed by atoms with Gasteiger partial charge in [0.2, 0.25) is 0 Å². The molecule has 0 fully saturated rings. The van der Waals surface area contributed by atoms with E-state index in [0.29, 0.717) is 0 Å². The molecule has 4 heteroatoms. The summed E-state index contributed by atoms with van der Waals surface area (Å²) < 4.78 is 13.4. The minimum absolute atomic E-state index is 0.733. The predicted molar refractivity (Wildman–Crippen MR) is 86.7 cm³/mol. The molecule has 2 heterocycles. The molecule has 0 aliphatic carbocycles. The number of nitrogens with zero attached hydrogens (tertiary/aromatic N) is 2. The molecule has 0 atom stereocenters. The van der Waals surface area contributed by atoms with Crippen molar-refractivity contribution in [3.8, 4) is 28.5 Å². The first-order chi connectivity index (χ1) is 10.8. The summed E-state index contributed by atoms with van der Waals surface area (Å²) in [5.41, 5.74) is 2.03. The predicted octanol–water partition coefficient (Wildman–Crippen LogP) is 4.53. The van der Waals surface area contributed by atoms with E-state index < -0.39 is 0 Å². The Morgan fingerprint density at radius 3 is 2.82 bits per heavy atom. The van der Waals surface area contributed by atoms with Gasteiger partial charge in [-0.15, -0.1) is 0 Å². The highest BCUT2D eigenvalue weighted by molar-refractivity contribution is 5.79. The van der Waals surface area contributed by atoms with Crippen LogP contribution in [-0.4, -0.2) is 16.2 Å². The number of rotatable bonds is 6. The molecule has 0 amide bonds. The van der Waals surface area contributed by atoms with Gasteiger partial charge < -0.3 is 13.7 Å². The quantitative estimate of drug-likeness (QED) is 0.628. The van der Waals surface area contributed by atoms with E-state index in [0.717, 1.165) is 47.9 Å². The van der Waals surface area contributed by atoms with Gasteiger partial charge in [0, 0.05) is 30.6 Å². The van der Waals surface area contributed by atoms with E-state index in [1.165, 1.54) is 0 Å². The van der Waals surface area contributed by atoms with Gasteiger partial charge in [0.25, 0.3) is 0 Å². The SMILES string of the molecule is CCCCOc1ccc(-c2ccco2)c(-c2nccn2C)c1. The van der Waals surface area contributed by atoms with Gasteiger partial charge in [-0.25, -0.2) is 4.98 Å². The molecular formula is C18H20N2O2. The van der Waals surface area contributed by atoms with Crippen LogP contribution < -0.4 is 4.74 Å². The summed E-state index contributed by atoms with van der Waals surface area (Å²) in [6.07, 6.45) is 7.59. The lowest BCUT2D eigenvalue weighted by Crippen LogP contribution is -1.98. The van der Waals surface area contributed by atoms with Crippen LogP contribution in [0.5, 0.6) is 5.75 Å². The smallest absolute Gasteiger partial charge is 0.140 e. The van der Waals surface area contributed by atoms with Gasteiger partial charge >= 0.3 is 0 Å². The summed E-state index contributed by atoms with van der Waals surface area (Å²) >= 11 is 0. The number of unbranched alkanes of at least 4 members (excludes halogenated alkanes) is 1. The Hall–Kier alpha value is -2.49. The summed E-state index contributed by atoms with van der Waals surface area (Å²) in [6, 6.07) is 9.91. The molecule has 22 heavy (non-hydrogen) atoms. The van der Waals surface area contributed by atoms with Crippen molar-refractivity contribution < 1.29 is 9.15 Å². The maximum absolute atomic E-state index is 5.83. The van der Waals surface area contributed by atoms with Crippen molar-refractivity contribution >= 4 is 0 Å². The number of ether oxygens (including phenoxy) is 1. The highest BCUT2D eigenvalue weighted by atomic mass is 16.5. The van der Waals surface area contributed by atoms with E-state index in [-0.39, 0.29) is 0 Å². The second-order valence-corrected chi connectivity index (χ2v) is 5.25. The second kappa shape index (κ2) is 6.52. The van der Waals surface area contributed by atoms with Crippen molar-refractivity contribution in [3.63, 3.8) is 0 Å². The largest absolute Gasteiger partial charge is 0.494 e. The molecule has 0 unspecified atom stereocenters. The molecule has 3 aromatic rings. The number of benzene rings is 1. The van der Waals surface area contributed by atoms with Crippen LogP contribution in [0.4, 0.5) is 0 Å². The lowest BCUT2D eigenvalue weighted by atomic mass is 10.0. The molecule has 2 aromatic heterocycles. The Balaban J connectivity index is 2.02. The molecule has 0 aliphatic heterocycles. The van der Waals surface area contributed by atoms with Crippen molar-refractivity contribution in [2.75, 3.05) is 6.61 Å². The van der Waals surface area contributed by atoms with Crippen LogP contribution in [0.15, 0.2) is 53.4 Å². The van der Waals surface area contributed by atoms with Crippen LogP contribution in [0.3, 0.4) is 0 Å². The average molecular weight is 296 g/mol. The van der Waals surface area contributed by atoms with Crippen LogP contribution in [-0.2, 0) is 7.05 Å². The van der Waals surface area contributed by atoms with Crippen LogP contribution in [0.2, 0.25) is 0 Å². The molecule has 0 saturated carbocycles. The second-order valence-electron chi connectivity index (χ2n) is 5.25. The molecule has 0 bridgehead atoms. The fourth-order valence-corrected chi connectivity index (χ4v) is 2.40. The Morgan fingerprint density at radius 2 is 2.14 bits per heavy atom. The summed E-state index contributed by atoms with van der Waals surface area (Å²) in [7, 11) is 1.98. The van der Waals surface area contributed by atoms with Crippen LogP contribution in [0, 0.1) is 0 Å². The van der Waals surface area contributed by atoms with E-state index in [1.54, 1.807) is 12.5 Å². The molecule has 0 N–H and O–H groups in total. The third kappa shape index (κ3) is 2.91. The van der Waals surface area contributed by atoms with Gasteiger partial charge in [0.05, 0.1) is 12.9 Å². The zero-order valence-corrected chi connectivity index (χ0v) is 13.0. The number of imidazole rings is 1. The van der Waals surface area contributed by atoms with Gasteiger partial charge in [0.1, 0.15) is 17.3 Å². The summed E-state index contributed by atoms with van der Waals surface area (Å²) in [5.74, 6) is 2.59. The van der Waals surface area contributed by atoms with Crippen LogP contribution in [0.1, 0.15) is 19.8 Å². The minimum Gasteiger partial charge on any atom is -0.494 e. The number of hydrogen-bond acceptors (Lipinski definition) is 3. The zero-order chi connectivity index (χ0) is 15.4. The van der Waals surface area contributed by atoms with E-state index in [2.05, 4.69) is 11.9 Å². The fraction of sp³-hybridized carbons (Fsp3) is 0.278. The maximum atomic E-state index is 5.83. The molecule has 0 saturated heterocycles. The topological polar surface area (TPSA) is 40.2 Å². The number of aryl methyl sites for hydroxylation is 1. The van der Waals surface area contributed by atoms with E-state index in [9.17, 15) is 0 Å². The monoisotopic (exact) mass is 296 g/mol. The van der Waals surface area contributed by atoms with Crippen LogP contribution in [0.25, 0.3) is 22.7 Å². The Bertz CT molecular complexity index is 729. The van der Waals surface area contributed by atoms with Gasteiger partial charge in [-0.3, -0.25) is 0 Å². The lowest BCUT2D eigenvalue weighted by Gasteiger charge is -2.11. The first kappa shape index (κ1) is 14.4. The van der Waals surface area contributed by atoms with Crippen molar-refractivity contribution in [1.29, 1.82) is 0 Å².